The second-order valence-corrected chi connectivity index (χ2v) is 10.3. The van der Waals surface area contributed by atoms with E-state index in [1.165, 1.54) is 11.1 Å². The van der Waals surface area contributed by atoms with Crippen LogP contribution in [0.3, 0.4) is 0 Å². The minimum atomic E-state index is -0.481. The molecule has 0 saturated carbocycles. The van der Waals surface area contributed by atoms with Crippen molar-refractivity contribution in [3.63, 3.8) is 0 Å². The maximum atomic E-state index is 12.2. The smallest absolute Gasteiger partial charge is 0.410 e. The molecule has 3 rings (SSSR count). The van der Waals surface area contributed by atoms with Gasteiger partial charge in [-0.3, -0.25) is 5.10 Å². The molecule has 31 heavy (non-hydrogen) atoms. The Bertz CT molecular complexity index is 812. The van der Waals surface area contributed by atoms with E-state index >= 15 is 0 Å². The SMILES string of the molecule is CCC12C=C(c3[nH]ncc3CN(C)CCN(C)C(=O)OC(C)(C)C)CC(CC)(CC1)O2. The van der Waals surface area contributed by atoms with E-state index in [0.717, 1.165) is 50.9 Å². The number of aromatic amines is 1. The molecule has 174 valence electrons. The van der Waals surface area contributed by atoms with Gasteiger partial charge in [-0.15, -0.1) is 0 Å². The highest BCUT2D eigenvalue weighted by atomic mass is 16.6. The number of hydrogen-bond donors (Lipinski definition) is 1. The summed E-state index contributed by atoms with van der Waals surface area (Å²) in [6.45, 7) is 12.2. The highest BCUT2D eigenvalue weighted by Crippen LogP contribution is 2.52. The average molecular weight is 433 g/mol. The summed E-state index contributed by atoms with van der Waals surface area (Å²) in [7, 11) is 3.85. The summed E-state index contributed by atoms with van der Waals surface area (Å²) in [5, 5.41) is 7.62. The number of H-pyrrole nitrogens is 1. The fourth-order valence-electron chi connectivity index (χ4n) is 4.63. The number of amides is 1. The van der Waals surface area contributed by atoms with Crippen LogP contribution in [0.25, 0.3) is 5.57 Å². The lowest BCUT2D eigenvalue weighted by molar-refractivity contribution is -0.0871. The fourth-order valence-corrected chi connectivity index (χ4v) is 4.63. The van der Waals surface area contributed by atoms with E-state index in [-0.39, 0.29) is 17.3 Å². The molecule has 1 amide bonds. The highest BCUT2D eigenvalue weighted by Gasteiger charge is 2.50. The molecule has 0 spiro atoms. The number of nitrogens with zero attached hydrogens (tertiary/aromatic N) is 3. The molecule has 1 fully saturated rings. The van der Waals surface area contributed by atoms with Crippen LogP contribution in [0.4, 0.5) is 4.79 Å². The fraction of sp³-hybridized carbons (Fsp3) is 0.750. The van der Waals surface area contributed by atoms with Crippen LogP contribution in [0.2, 0.25) is 0 Å². The van der Waals surface area contributed by atoms with Crippen molar-refractivity contribution in [2.45, 2.75) is 90.1 Å². The van der Waals surface area contributed by atoms with Gasteiger partial charge in [-0.2, -0.15) is 5.10 Å². The molecule has 7 heteroatoms. The predicted molar refractivity (Wildman–Crippen MR) is 123 cm³/mol. The van der Waals surface area contributed by atoms with Gasteiger partial charge in [-0.1, -0.05) is 13.8 Å². The monoisotopic (exact) mass is 432 g/mol. The number of aromatic nitrogens is 2. The molecule has 1 N–H and O–H groups in total. The van der Waals surface area contributed by atoms with E-state index in [1.807, 2.05) is 27.0 Å². The second-order valence-electron chi connectivity index (χ2n) is 10.3. The zero-order chi connectivity index (χ0) is 22.9. The predicted octanol–water partition coefficient (Wildman–Crippen LogP) is 4.60. The maximum absolute atomic E-state index is 12.2. The quantitative estimate of drug-likeness (QED) is 0.650. The Labute approximate surface area is 187 Å². The molecule has 0 radical (unpaired) electrons. The molecule has 7 nitrogen and oxygen atoms in total. The first-order chi connectivity index (χ1) is 14.5. The van der Waals surface area contributed by atoms with E-state index in [9.17, 15) is 4.79 Å². The Balaban J connectivity index is 1.64. The van der Waals surface area contributed by atoms with Gasteiger partial charge in [0.15, 0.2) is 0 Å². The molecule has 3 heterocycles. The van der Waals surface area contributed by atoms with Crippen molar-refractivity contribution in [2.24, 2.45) is 0 Å². The van der Waals surface area contributed by atoms with Gasteiger partial charge in [-0.05, 0) is 65.2 Å². The van der Waals surface area contributed by atoms with Gasteiger partial charge >= 0.3 is 6.09 Å². The van der Waals surface area contributed by atoms with Gasteiger partial charge in [0.25, 0.3) is 0 Å². The minimum absolute atomic E-state index is 0.0372. The lowest BCUT2D eigenvalue weighted by Gasteiger charge is -2.38. The standard InChI is InChI=1S/C24H40N4O3/c1-8-23-10-11-24(9-2,31-23)15-18(14-23)20-19(16-25-26-20)17-27(6)12-13-28(7)21(29)30-22(3,4)5/h14,16H,8-13,15,17H2,1-7H3,(H,25,26). The summed E-state index contributed by atoms with van der Waals surface area (Å²) in [4.78, 5) is 16.0. The van der Waals surface area contributed by atoms with Crippen molar-refractivity contribution in [3.8, 4) is 0 Å². The van der Waals surface area contributed by atoms with Crippen molar-refractivity contribution in [2.75, 3.05) is 27.2 Å². The number of hydrogen-bond acceptors (Lipinski definition) is 5. The molecule has 1 aromatic rings. The van der Waals surface area contributed by atoms with Crippen LogP contribution in [0.15, 0.2) is 12.3 Å². The third-order valence-corrected chi connectivity index (χ3v) is 6.62. The van der Waals surface area contributed by atoms with Gasteiger partial charge in [0.1, 0.15) is 5.60 Å². The number of ether oxygens (including phenoxy) is 2. The van der Waals surface area contributed by atoms with Gasteiger partial charge in [0.2, 0.25) is 0 Å². The van der Waals surface area contributed by atoms with Gasteiger partial charge in [0, 0.05) is 38.7 Å². The molecule has 2 unspecified atom stereocenters. The van der Waals surface area contributed by atoms with E-state index in [0.29, 0.717) is 6.54 Å². The van der Waals surface area contributed by atoms with Crippen LogP contribution in [0.5, 0.6) is 0 Å². The summed E-state index contributed by atoms with van der Waals surface area (Å²) >= 11 is 0. The molecule has 0 aromatic carbocycles. The molecule has 2 bridgehead atoms. The van der Waals surface area contributed by atoms with E-state index < -0.39 is 5.60 Å². The zero-order valence-corrected chi connectivity index (χ0v) is 20.4. The Hall–Kier alpha value is -1.86. The van der Waals surface area contributed by atoms with Crippen LogP contribution in [0.1, 0.15) is 78.0 Å². The van der Waals surface area contributed by atoms with Crippen LogP contribution in [-0.2, 0) is 16.0 Å². The van der Waals surface area contributed by atoms with Crippen LogP contribution in [-0.4, -0.2) is 70.1 Å². The third kappa shape index (κ3) is 5.50. The van der Waals surface area contributed by atoms with E-state index in [2.05, 4.69) is 42.1 Å². The topological polar surface area (TPSA) is 70.7 Å². The minimum Gasteiger partial charge on any atom is -0.444 e. The molecular formula is C24H40N4O3. The molecule has 0 aliphatic carbocycles. The summed E-state index contributed by atoms with van der Waals surface area (Å²) in [6.07, 6.45) is 9.18. The lowest BCUT2D eigenvalue weighted by atomic mass is 9.87. The number of rotatable bonds is 8. The van der Waals surface area contributed by atoms with Crippen LogP contribution >= 0.6 is 0 Å². The molecular weight excluding hydrogens is 392 g/mol. The summed E-state index contributed by atoms with van der Waals surface area (Å²) in [6, 6.07) is 0. The molecule has 2 atom stereocenters. The average Bonchev–Trinajstić information content (AvgIpc) is 3.27. The number of carbonyl (C=O) groups is 1. The zero-order valence-electron chi connectivity index (χ0n) is 20.4. The molecule has 2 aliphatic rings. The third-order valence-electron chi connectivity index (χ3n) is 6.62. The van der Waals surface area contributed by atoms with Crippen molar-refractivity contribution in [3.05, 3.63) is 23.5 Å². The Morgan fingerprint density at radius 1 is 1.23 bits per heavy atom. The Morgan fingerprint density at radius 3 is 2.61 bits per heavy atom. The number of carbonyl (C=O) groups excluding carboxylic acids is 1. The molecule has 1 saturated heterocycles. The molecule has 2 aliphatic heterocycles. The number of likely N-dealkylation sites (N-methyl/N-ethyl adjacent to an activating group) is 2. The van der Waals surface area contributed by atoms with Gasteiger partial charge in [0.05, 0.1) is 23.1 Å². The van der Waals surface area contributed by atoms with E-state index in [1.54, 1.807) is 11.9 Å². The summed E-state index contributed by atoms with van der Waals surface area (Å²) in [5.74, 6) is 0. The highest BCUT2D eigenvalue weighted by molar-refractivity contribution is 5.69. The van der Waals surface area contributed by atoms with Crippen LogP contribution < -0.4 is 0 Å². The Morgan fingerprint density at radius 2 is 1.97 bits per heavy atom. The number of fused-ring (bicyclic) bond motifs is 2. The van der Waals surface area contributed by atoms with Crippen molar-refractivity contribution >= 4 is 11.7 Å². The maximum Gasteiger partial charge on any atom is 0.410 e. The Kier molecular flexibility index (Phi) is 6.87. The van der Waals surface area contributed by atoms with E-state index in [4.69, 9.17) is 9.47 Å². The molecule has 1 aromatic heterocycles. The van der Waals surface area contributed by atoms with Crippen molar-refractivity contribution in [1.82, 2.24) is 20.0 Å². The second kappa shape index (κ2) is 8.94. The first-order valence-electron chi connectivity index (χ1n) is 11.6. The largest absolute Gasteiger partial charge is 0.444 e. The lowest BCUT2D eigenvalue weighted by Crippen LogP contribution is -2.38. The van der Waals surface area contributed by atoms with Crippen molar-refractivity contribution < 1.29 is 14.3 Å². The normalized spacial score (nSPS) is 25.6. The van der Waals surface area contributed by atoms with Gasteiger partial charge in [-0.25, -0.2) is 4.79 Å². The summed E-state index contributed by atoms with van der Waals surface area (Å²) in [5.41, 5.74) is 3.00. The summed E-state index contributed by atoms with van der Waals surface area (Å²) < 4.78 is 12.0. The van der Waals surface area contributed by atoms with Crippen LogP contribution in [0, 0.1) is 0 Å². The number of nitrogens with one attached hydrogen (secondary N) is 1. The first-order valence-corrected chi connectivity index (χ1v) is 11.6. The van der Waals surface area contributed by atoms with Crippen molar-refractivity contribution in [1.29, 1.82) is 0 Å². The first kappa shape index (κ1) is 23.8. The van der Waals surface area contributed by atoms with Gasteiger partial charge < -0.3 is 19.3 Å².